The molecule has 0 spiro atoms. The molecule has 1 radical (unpaired) electrons. The molecule has 0 saturated heterocycles. The maximum atomic E-state index is 10.4. The zero-order chi connectivity index (χ0) is 6.57. The molecule has 0 bridgehead atoms. The summed E-state index contributed by atoms with van der Waals surface area (Å²) in [6.45, 7) is 3.19. The fraction of sp³-hybridized carbons (Fsp3) is 0.667. The van der Waals surface area contributed by atoms with Gasteiger partial charge in [0.05, 0.1) is 0 Å². The SMILES string of the molecule is CC(=O)C(C)C[C]=O. The monoisotopic (exact) mass is 113 g/mol. The maximum absolute atomic E-state index is 10.4. The number of carbonyl (C=O) groups is 1. The van der Waals surface area contributed by atoms with Crippen LogP contribution in [-0.2, 0) is 9.59 Å². The van der Waals surface area contributed by atoms with Gasteiger partial charge in [-0.1, -0.05) is 6.92 Å². The van der Waals surface area contributed by atoms with Crippen LogP contribution in [0.1, 0.15) is 20.3 Å². The minimum Gasteiger partial charge on any atom is -0.300 e. The van der Waals surface area contributed by atoms with Gasteiger partial charge in [-0.05, 0) is 6.92 Å². The van der Waals surface area contributed by atoms with Gasteiger partial charge in [0.2, 0.25) is 0 Å². The van der Waals surface area contributed by atoms with Crippen LogP contribution in [0.2, 0.25) is 0 Å². The third-order valence-electron chi connectivity index (χ3n) is 1.08. The average molecular weight is 113 g/mol. The third-order valence-corrected chi connectivity index (χ3v) is 1.08. The van der Waals surface area contributed by atoms with Crippen molar-refractivity contribution in [1.82, 2.24) is 0 Å². The van der Waals surface area contributed by atoms with E-state index in [1.54, 1.807) is 13.2 Å². The normalized spacial score (nSPS) is 12.8. The Balaban J connectivity index is 3.46. The smallest absolute Gasteiger partial charge is 0.199 e. The first-order valence-electron chi connectivity index (χ1n) is 2.54. The van der Waals surface area contributed by atoms with Gasteiger partial charge in [-0.15, -0.1) is 0 Å². The van der Waals surface area contributed by atoms with E-state index in [4.69, 9.17) is 0 Å². The van der Waals surface area contributed by atoms with Crippen molar-refractivity contribution in [1.29, 1.82) is 0 Å². The van der Waals surface area contributed by atoms with E-state index in [1.807, 2.05) is 0 Å². The second-order valence-electron chi connectivity index (χ2n) is 1.86. The number of hydrogen-bond donors (Lipinski definition) is 0. The highest BCUT2D eigenvalue weighted by Gasteiger charge is 2.04. The van der Waals surface area contributed by atoms with E-state index in [0.29, 0.717) is 0 Å². The van der Waals surface area contributed by atoms with Crippen molar-refractivity contribution in [2.45, 2.75) is 20.3 Å². The largest absolute Gasteiger partial charge is 0.300 e. The van der Waals surface area contributed by atoms with E-state index < -0.39 is 0 Å². The molecule has 0 rings (SSSR count). The molecule has 0 fully saturated rings. The Morgan fingerprint density at radius 2 is 2.25 bits per heavy atom. The van der Waals surface area contributed by atoms with E-state index in [2.05, 4.69) is 0 Å². The molecule has 0 aromatic heterocycles. The quantitative estimate of drug-likeness (QED) is 0.540. The Hall–Kier alpha value is -0.660. The van der Waals surface area contributed by atoms with E-state index in [-0.39, 0.29) is 18.1 Å². The molecule has 0 aliphatic heterocycles. The van der Waals surface area contributed by atoms with E-state index in [0.717, 1.165) is 0 Å². The zero-order valence-electron chi connectivity index (χ0n) is 5.10. The van der Waals surface area contributed by atoms with Crippen molar-refractivity contribution >= 4 is 12.1 Å². The van der Waals surface area contributed by atoms with Crippen LogP contribution in [0.3, 0.4) is 0 Å². The molecule has 0 saturated carbocycles. The Morgan fingerprint density at radius 3 is 2.38 bits per heavy atom. The molecule has 0 amide bonds. The molecule has 1 atom stereocenters. The van der Waals surface area contributed by atoms with Crippen LogP contribution in [0.15, 0.2) is 0 Å². The molecule has 0 N–H and O–H groups in total. The van der Waals surface area contributed by atoms with Crippen LogP contribution in [0, 0.1) is 5.92 Å². The van der Waals surface area contributed by atoms with Crippen molar-refractivity contribution in [3.63, 3.8) is 0 Å². The summed E-state index contributed by atoms with van der Waals surface area (Å²) in [5, 5.41) is 0. The summed E-state index contributed by atoms with van der Waals surface area (Å²) >= 11 is 0. The molecule has 2 nitrogen and oxygen atoms in total. The highest BCUT2D eigenvalue weighted by atomic mass is 16.1. The Kier molecular flexibility index (Phi) is 3.08. The van der Waals surface area contributed by atoms with Crippen LogP contribution >= 0.6 is 0 Å². The highest BCUT2D eigenvalue weighted by molar-refractivity contribution is 5.80. The minimum atomic E-state index is -0.146. The number of hydrogen-bond acceptors (Lipinski definition) is 2. The second kappa shape index (κ2) is 3.36. The summed E-state index contributed by atoms with van der Waals surface area (Å²) in [7, 11) is 0. The van der Waals surface area contributed by atoms with Crippen molar-refractivity contribution in [3.8, 4) is 0 Å². The molecular weight excluding hydrogens is 104 g/mol. The molecule has 0 aliphatic carbocycles. The second-order valence-corrected chi connectivity index (χ2v) is 1.86. The van der Waals surface area contributed by atoms with Crippen molar-refractivity contribution in [2.75, 3.05) is 0 Å². The van der Waals surface area contributed by atoms with Crippen molar-refractivity contribution in [2.24, 2.45) is 5.92 Å². The zero-order valence-corrected chi connectivity index (χ0v) is 5.10. The van der Waals surface area contributed by atoms with Crippen LogP contribution in [0.4, 0.5) is 0 Å². The summed E-state index contributed by atoms with van der Waals surface area (Å²) in [6, 6.07) is 0. The fourth-order valence-corrected chi connectivity index (χ4v) is 0.269. The molecule has 0 aromatic rings. The summed E-state index contributed by atoms with van der Waals surface area (Å²) < 4.78 is 0. The van der Waals surface area contributed by atoms with E-state index >= 15 is 0 Å². The maximum Gasteiger partial charge on any atom is 0.199 e. The lowest BCUT2D eigenvalue weighted by atomic mass is 10.1. The van der Waals surface area contributed by atoms with Gasteiger partial charge >= 0.3 is 0 Å². The third kappa shape index (κ3) is 2.50. The first-order valence-corrected chi connectivity index (χ1v) is 2.54. The van der Waals surface area contributed by atoms with Gasteiger partial charge in [-0.25, -0.2) is 0 Å². The topological polar surface area (TPSA) is 34.1 Å². The summed E-state index contributed by atoms with van der Waals surface area (Å²) in [5.74, 6) is -0.0964. The number of ketones is 1. The number of carbonyl (C=O) groups excluding carboxylic acids is 2. The summed E-state index contributed by atoms with van der Waals surface area (Å²) in [6.07, 6.45) is 1.91. The predicted octanol–water partition coefficient (Wildman–Crippen LogP) is 0.711. The fourth-order valence-electron chi connectivity index (χ4n) is 0.269. The Labute approximate surface area is 48.9 Å². The van der Waals surface area contributed by atoms with Crippen molar-refractivity contribution in [3.05, 3.63) is 0 Å². The lowest BCUT2D eigenvalue weighted by Gasteiger charge is -1.96. The summed E-state index contributed by atoms with van der Waals surface area (Å²) in [5.41, 5.74) is 0. The number of Topliss-reactive ketones (excluding diaryl/α,β-unsaturated/α-hetero) is 1. The minimum absolute atomic E-state index is 0.0494. The van der Waals surface area contributed by atoms with Gasteiger partial charge in [0.25, 0.3) is 0 Å². The van der Waals surface area contributed by atoms with Crippen molar-refractivity contribution < 1.29 is 9.59 Å². The van der Waals surface area contributed by atoms with Gasteiger partial charge < -0.3 is 0 Å². The molecule has 0 heterocycles. The highest BCUT2D eigenvalue weighted by Crippen LogP contribution is 1.98. The van der Waals surface area contributed by atoms with Crippen LogP contribution in [-0.4, -0.2) is 12.1 Å². The Morgan fingerprint density at radius 1 is 1.75 bits per heavy atom. The van der Waals surface area contributed by atoms with E-state index in [9.17, 15) is 9.59 Å². The van der Waals surface area contributed by atoms with Crippen LogP contribution < -0.4 is 0 Å². The van der Waals surface area contributed by atoms with Gasteiger partial charge in [-0.2, -0.15) is 0 Å². The molecule has 8 heavy (non-hydrogen) atoms. The van der Waals surface area contributed by atoms with Gasteiger partial charge in [0.15, 0.2) is 6.29 Å². The van der Waals surface area contributed by atoms with Crippen LogP contribution in [0.5, 0.6) is 0 Å². The molecular formula is C6H9O2. The molecule has 2 heteroatoms. The Bertz CT molecular complexity index is 96.7. The standard InChI is InChI=1S/C6H9O2/c1-5(3-4-7)6(2)8/h5H,3H2,1-2H3. The molecule has 45 valence electrons. The summed E-state index contributed by atoms with van der Waals surface area (Å²) in [4.78, 5) is 20.0. The first-order chi connectivity index (χ1) is 3.68. The lowest BCUT2D eigenvalue weighted by Crippen LogP contribution is -2.05. The average Bonchev–Trinajstić information content (AvgIpc) is 1.67. The van der Waals surface area contributed by atoms with Gasteiger partial charge in [0, 0.05) is 12.3 Å². The first kappa shape index (κ1) is 7.34. The molecule has 1 unspecified atom stereocenters. The van der Waals surface area contributed by atoms with Gasteiger partial charge in [-0.3, -0.25) is 9.59 Å². The van der Waals surface area contributed by atoms with Crippen LogP contribution in [0.25, 0.3) is 0 Å². The number of rotatable bonds is 3. The lowest BCUT2D eigenvalue weighted by molar-refractivity contribution is -0.120. The van der Waals surface area contributed by atoms with Gasteiger partial charge in [0.1, 0.15) is 5.78 Å². The molecule has 0 aromatic carbocycles. The van der Waals surface area contributed by atoms with E-state index in [1.165, 1.54) is 6.92 Å². The predicted molar refractivity (Wildman–Crippen MR) is 30.2 cm³/mol. The molecule has 0 aliphatic rings.